The number of alkyl halides is 1. The fourth-order valence-corrected chi connectivity index (χ4v) is 2.59. The Labute approximate surface area is 115 Å². The third-order valence-electron chi connectivity index (χ3n) is 2.76. The van der Waals surface area contributed by atoms with Gasteiger partial charge in [-0.1, -0.05) is 24.6 Å². The molecule has 17 heavy (non-hydrogen) atoms. The number of rotatable bonds is 4. The molecule has 0 fully saturated rings. The third-order valence-corrected chi connectivity index (χ3v) is 4.26. The number of halogens is 2. The molecule has 92 valence electrons. The Kier molecular flexibility index (Phi) is 4.23. The van der Waals surface area contributed by atoms with Crippen LogP contribution in [0, 0.1) is 0 Å². The molecule has 0 saturated carbocycles. The highest BCUT2D eigenvalue weighted by Crippen LogP contribution is 2.26. The Hall–Kier alpha value is -0.380. The van der Waals surface area contributed by atoms with Crippen molar-refractivity contribution in [3.63, 3.8) is 0 Å². The van der Waals surface area contributed by atoms with Crippen LogP contribution in [0.15, 0.2) is 18.2 Å². The van der Waals surface area contributed by atoms with Gasteiger partial charge in [0.05, 0.1) is 21.9 Å². The number of thioether (sulfide) groups is 1. The number of hydrogen-bond donors (Lipinski definition) is 0. The van der Waals surface area contributed by atoms with E-state index in [1.165, 1.54) is 0 Å². The lowest BCUT2D eigenvalue weighted by Gasteiger charge is -2.13. The molecule has 0 radical (unpaired) electrons. The fourth-order valence-electron chi connectivity index (χ4n) is 1.82. The largest absolute Gasteiger partial charge is 0.325 e. The summed E-state index contributed by atoms with van der Waals surface area (Å²) in [7, 11) is 0. The second kappa shape index (κ2) is 5.51. The summed E-state index contributed by atoms with van der Waals surface area (Å²) in [4.78, 5) is 4.52. The Morgan fingerprint density at radius 3 is 2.88 bits per heavy atom. The average molecular weight is 289 g/mol. The number of fused-ring (bicyclic) bond motifs is 1. The molecule has 2 aromatic rings. The molecule has 1 aromatic heterocycles. The zero-order chi connectivity index (χ0) is 12.4. The molecule has 5 heteroatoms. The van der Waals surface area contributed by atoms with Crippen LogP contribution in [-0.4, -0.2) is 21.1 Å². The van der Waals surface area contributed by atoms with E-state index in [-0.39, 0.29) is 0 Å². The van der Waals surface area contributed by atoms with E-state index in [1.54, 1.807) is 0 Å². The van der Waals surface area contributed by atoms with Gasteiger partial charge in [0.2, 0.25) is 0 Å². The SMILES string of the molecule is CSC(C)Cn1c(CCl)nc2cccc(Cl)c21. The minimum absolute atomic E-state index is 0.409. The molecule has 0 aliphatic carbocycles. The molecule has 1 aromatic carbocycles. The Balaban J connectivity index is 2.57. The molecule has 2 rings (SSSR count). The zero-order valence-corrected chi connectivity index (χ0v) is 12.1. The number of aromatic nitrogens is 2. The van der Waals surface area contributed by atoms with Gasteiger partial charge in [0, 0.05) is 11.8 Å². The van der Waals surface area contributed by atoms with Gasteiger partial charge >= 0.3 is 0 Å². The zero-order valence-electron chi connectivity index (χ0n) is 9.78. The van der Waals surface area contributed by atoms with Crippen LogP contribution >= 0.6 is 35.0 Å². The van der Waals surface area contributed by atoms with Gasteiger partial charge in [0.1, 0.15) is 5.82 Å². The van der Waals surface area contributed by atoms with Crippen molar-refractivity contribution in [1.82, 2.24) is 9.55 Å². The maximum absolute atomic E-state index is 6.25. The van der Waals surface area contributed by atoms with Crippen LogP contribution in [0.3, 0.4) is 0 Å². The first-order valence-corrected chi connectivity index (χ1v) is 7.59. The van der Waals surface area contributed by atoms with Crippen molar-refractivity contribution in [1.29, 1.82) is 0 Å². The molecule has 1 atom stereocenters. The molecule has 0 aliphatic rings. The third kappa shape index (κ3) is 2.56. The maximum atomic E-state index is 6.25. The Morgan fingerprint density at radius 2 is 2.24 bits per heavy atom. The highest BCUT2D eigenvalue weighted by molar-refractivity contribution is 7.99. The van der Waals surface area contributed by atoms with E-state index in [4.69, 9.17) is 23.2 Å². The van der Waals surface area contributed by atoms with E-state index in [1.807, 2.05) is 30.0 Å². The first kappa shape index (κ1) is 13.1. The van der Waals surface area contributed by atoms with Gasteiger partial charge in [-0.2, -0.15) is 11.8 Å². The Bertz CT molecular complexity index is 524. The summed E-state index contributed by atoms with van der Waals surface area (Å²) < 4.78 is 2.13. The topological polar surface area (TPSA) is 17.8 Å². The Morgan fingerprint density at radius 1 is 1.47 bits per heavy atom. The summed E-state index contributed by atoms with van der Waals surface area (Å²) in [6.07, 6.45) is 2.10. The number of hydrogen-bond acceptors (Lipinski definition) is 2. The molecular formula is C12H14Cl2N2S. The van der Waals surface area contributed by atoms with Crippen molar-refractivity contribution in [2.45, 2.75) is 24.6 Å². The van der Waals surface area contributed by atoms with Gasteiger partial charge in [0.25, 0.3) is 0 Å². The maximum Gasteiger partial charge on any atom is 0.124 e. The summed E-state index contributed by atoms with van der Waals surface area (Å²) in [6.45, 7) is 3.06. The minimum atomic E-state index is 0.409. The summed E-state index contributed by atoms with van der Waals surface area (Å²) in [5, 5.41) is 1.24. The standard InChI is InChI=1S/C12H14Cl2N2S/c1-8(17-2)7-16-11(6-13)15-10-5-3-4-9(14)12(10)16/h3-5,8H,6-7H2,1-2H3. The number of imidazole rings is 1. The van der Waals surface area contributed by atoms with Gasteiger partial charge in [-0.15, -0.1) is 11.6 Å². The van der Waals surface area contributed by atoms with Crippen LogP contribution in [0.25, 0.3) is 11.0 Å². The lowest BCUT2D eigenvalue weighted by Crippen LogP contribution is -2.11. The van der Waals surface area contributed by atoms with Crippen LogP contribution in [0.1, 0.15) is 12.7 Å². The van der Waals surface area contributed by atoms with E-state index in [0.717, 1.165) is 28.4 Å². The molecule has 0 bridgehead atoms. The average Bonchev–Trinajstić information content (AvgIpc) is 2.68. The highest BCUT2D eigenvalue weighted by atomic mass is 35.5. The number of para-hydroxylation sites is 1. The van der Waals surface area contributed by atoms with Crippen LogP contribution in [-0.2, 0) is 12.4 Å². The van der Waals surface area contributed by atoms with Crippen molar-refractivity contribution in [3.05, 3.63) is 29.0 Å². The second-order valence-corrected chi connectivity index (χ2v) is 5.88. The quantitative estimate of drug-likeness (QED) is 0.786. The molecule has 0 amide bonds. The fraction of sp³-hybridized carbons (Fsp3) is 0.417. The predicted octanol–water partition coefficient (Wildman–Crippen LogP) is 4.18. The second-order valence-electron chi connectivity index (χ2n) is 3.93. The summed E-state index contributed by atoms with van der Waals surface area (Å²) >= 11 is 14.0. The summed E-state index contributed by atoms with van der Waals surface area (Å²) in [5.41, 5.74) is 1.91. The first-order valence-electron chi connectivity index (χ1n) is 5.39. The molecule has 1 heterocycles. The molecule has 0 spiro atoms. The smallest absolute Gasteiger partial charge is 0.124 e. The van der Waals surface area contributed by atoms with Crippen LogP contribution in [0.5, 0.6) is 0 Å². The van der Waals surface area contributed by atoms with E-state index in [9.17, 15) is 0 Å². The highest BCUT2D eigenvalue weighted by Gasteiger charge is 2.14. The summed E-state index contributed by atoms with van der Waals surface area (Å²) in [5.74, 6) is 1.29. The monoisotopic (exact) mass is 288 g/mol. The van der Waals surface area contributed by atoms with Gasteiger partial charge in [0.15, 0.2) is 0 Å². The van der Waals surface area contributed by atoms with Gasteiger partial charge in [-0.05, 0) is 18.4 Å². The lowest BCUT2D eigenvalue weighted by molar-refractivity contribution is 0.685. The van der Waals surface area contributed by atoms with E-state index >= 15 is 0 Å². The van der Waals surface area contributed by atoms with Gasteiger partial charge in [-0.25, -0.2) is 4.98 Å². The van der Waals surface area contributed by atoms with Crippen LogP contribution < -0.4 is 0 Å². The van der Waals surface area contributed by atoms with Crippen molar-refractivity contribution in [3.8, 4) is 0 Å². The normalized spacial score (nSPS) is 13.2. The van der Waals surface area contributed by atoms with E-state index < -0.39 is 0 Å². The molecule has 0 saturated heterocycles. The van der Waals surface area contributed by atoms with Crippen molar-refractivity contribution < 1.29 is 0 Å². The van der Waals surface area contributed by atoms with Crippen LogP contribution in [0.4, 0.5) is 0 Å². The van der Waals surface area contributed by atoms with Gasteiger partial charge < -0.3 is 4.57 Å². The predicted molar refractivity (Wildman–Crippen MR) is 77.3 cm³/mol. The van der Waals surface area contributed by atoms with Crippen molar-refractivity contribution in [2.24, 2.45) is 0 Å². The van der Waals surface area contributed by atoms with Crippen molar-refractivity contribution in [2.75, 3.05) is 6.26 Å². The molecule has 2 nitrogen and oxygen atoms in total. The van der Waals surface area contributed by atoms with E-state index in [2.05, 4.69) is 22.7 Å². The summed E-state index contributed by atoms with van der Waals surface area (Å²) in [6, 6.07) is 5.78. The number of nitrogens with zero attached hydrogens (tertiary/aromatic N) is 2. The molecule has 0 aliphatic heterocycles. The number of benzene rings is 1. The van der Waals surface area contributed by atoms with Crippen molar-refractivity contribution >= 4 is 46.0 Å². The lowest BCUT2D eigenvalue weighted by atomic mass is 10.3. The van der Waals surface area contributed by atoms with Gasteiger partial charge in [-0.3, -0.25) is 0 Å². The van der Waals surface area contributed by atoms with E-state index in [0.29, 0.717) is 11.1 Å². The molecular weight excluding hydrogens is 275 g/mol. The molecule has 1 unspecified atom stereocenters. The minimum Gasteiger partial charge on any atom is -0.325 e. The molecule has 0 N–H and O–H groups in total. The first-order chi connectivity index (χ1) is 8.17. The van der Waals surface area contributed by atoms with Crippen LogP contribution in [0.2, 0.25) is 5.02 Å².